The molecular formula is C20H32N2O2. The molecule has 0 aromatic rings. The van der Waals surface area contributed by atoms with Gasteiger partial charge in [-0.1, -0.05) is 6.92 Å². The summed E-state index contributed by atoms with van der Waals surface area (Å²) in [4.78, 5) is 27.2. The van der Waals surface area contributed by atoms with E-state index in [1.165, 1.54) is 19.3 Å². The van der Waals surface area contributed by atoms with Gasteiger partial charge in [-0.3, -0.25) is 9.59 Å². The van der Waals surface area contributed by atoms with Gasteiger partial charge in [0.1, 0.15) is 0 Å². The molecule has 24 heavy (non-hydrogen) atoms. The fraction of sp³-hybridized carbons (Fsp3) is 0.900. The molecule has 4 heteroatoms. The first-order valence-corrected chi connectivity index (χ1v) is 10.2. The predicted molar refractivity (Wildman–Crippen MR) is 93.3 cm³/mol. The second-order valence-corrected chi connectivity index (χ2v) is 9.08. The average molecular weight is 332 g/mol. The summed E-state index contributed by atoms with van der Waals surface area (Å²) in [6, 6.07) is 0.268. The second-order valence-electron chi connectivity index (χ2n) is 9.08. The standard InChI is InChI=1S/C20H32N2O2/c1-2-3-18(23)21-17-4-6-22(7-5-17)19(24)20-11-14-8-15(12-20)10-16(9-14)13-20/h14-17H,2-13H2,1H3,(H,21,23). The normalized spacial score (nSPS) is 38.4. The minimum absolute atomic E-state index is 0.00690. The van der Waals surface area contributed by atoms with Crippen molar-refractivity contribution in [2.45, 2.75) is 77.2 Å². The number of nitrogens with one attached hydrogen (secondary N) is 1. The molecule has 4 aliphatic carbocycles. The first-order valence-electron chi connectivity index (χ1n) is 10.2. The van der Waals surface area contributed by atoms with Crippen molar-refractivity contribution in [3.05, 3.63) is 0 Å². The molecule has 4 bridgehead atoms. The van der Waals surface area contributed by atoms with Gasteiger partial charge in [-0.15, -0.1) is 0 Å². The van der Waals surface area contributed by atoms with Crippen LogP contribution in [0.25, 0.3) is 0 Å². The molecule has 1 saturated heterocycles. The van der Waals surface area contributed by atoms with Crippen molar-refractivity contribution in [3.63, 3.8) is 0 Å². The van der Waals surface area contributed by atoms with Crippen molar-refractivity contribution < 1.29 is 9.59 Å². The number of carbonyl (C=O) groups is 2. The molecule has 1 aliphatic heterocycles. The maximum atomic E-state index is 13.3. The Labute approximate surface area is 145 Å². The molecule has 1 heterocycles. The largest absolute Gasteiger partial charge is 0.353 e. The SMILES string of the molecule is CCCC(=O)NC1CCN(C(=O)C23CC4CC(CC(C4)C2)C3)CC1. The van der Waals surface area contributed by atoms with Crippen molar-refractivity contribution in [1.29, 1.82) is 0 Å². The Kier molecular flexibility index (Phi) is 4.34. The molecule has 4 saturated carbocycles. The van der Waals surface area contributed by atoms with Crippen LogP contribution in [-0.4, -0.2) is 35.8 Å². The fourth-order valence-electron chi connectivity index (χ4n) is 6.46. The maximum Gasteiger partial charge on any atom is 0.228 e. The van der Waals surface area contributed by atoms with Crippen molar-refractivity contribution in [2.75, 3.05) is 13.1 Å². The number of amides is 2. The molecule has 5 aliphatic rings. The molecule has 2 amide bonds. The van der Waals surface area contributed by atoms with Crippen LogP contribution >= 0.6 is 0 Å². The molecule has 0 radical (unpaired) electrons. The smallest absolute Gasteiger partial charge is 0.228 e. The van der Waals surface area contributed by atoms with E-state index in [0.717, 1.165) is 69.4 Å². The van der Waals surface area contributed by atoms with Crippen LogP contribution in [0.1, 0.15) is 71.1 Å². The Morgan fingerprint density at radius 2 is 1.54 bits per heavy atom. The maximum absolute atomic E-state index is 13.3. The zero-order chi connectivity index (χ0) is 16.7. The summed E-state index contributed by atoms with van der Waals surface area (Å²) in [5.41, 5.74) is -0.00690. The third-order valence-corrected chi connectivity index (χ3v) is 7.12. The topological polar surface area (TPSA) is 49.4 Å². The van der Waals surface area contributed by atoms with Crippen LogP contribution in [0.15, 0.2) is 0 Å². The number of hydrogen-bond acceptors (Lipinski definition) is 2. The van der Waals surface area contributed by atoms with Crippen molar-refractivity contribution >= 4 is 11.8 Å². The molecule has 0 aromatic carbocycles. The van der Waals surface area contributed by atoms with E-state index >= 15 is 0 Å². The molecule has 0 spiro atoms. The Morgan fingerprint density at radius 3 is 2.04 bits per heavy atom. The van der Waals surface area contributed by atoms with Crippen LogP contribution in [0.4, 0.5) is 0 Å². The zero-order valence-electron chi connectivity index (χ0n) is 15.1. The van der Waals surface area contributed by atoms with Gasteiger partial charge in [0.15, 0.2) is 0 Å². The number of carbonyl (C=O) groups excluding carboxylic acids is 2. The first-order chi connectivity index (χ1) is 11.6. The van der Waals surface area contributed by atoms with Crippen molar-refractivity contribution in [2.24, 2.45) is 23.2 Å². The van der Waals surface area contributed by atoms with E-state index in [2.05, 4.69) is 10.2 Å². The lowest BCUT2D eigenvalue weighted by Crippen LogP contribution is -2.56. The predicted octanol–water partition coefficient (Wildman–Crippen LogP) is 3.11. The lowest BCUT2D eigenvalue weighted by atomic mass is 9.49. The summed E-state index contributed by atoms with van der Waals surface area (Å²) < 4.78 is 0. The number of nitrogens with zero attached hydrogens (tertiary/aromatic N) is 1. The van der Waals surface area contributed by atoms with Gasteiger partial charge in [-0.05, 0) is 75.5 Å². The summed E-state index contributed by atoms with van der Waals surface area (Å²) in [7, 11) is 0. The van der Waals surface area contributed by atoms with Crippen LogP contribution < -0.4 is 5.32 Å². The van der Waals surface area contributed by atoms with E-state index in [0.29, 0.717) is 12.3 Å². The van der Waals surface area contributed by atoms with Gasteiger partial charge in [-0.2, -0.15) is 0 Å². The summed E-state index contributed by atoms with van der Waals surface area (Å²) in [6.07, 6.45) is 11.0. The third kappa shape index (κ3) is 2.97. The number of likely N-dealkylation sites (tertiary alicyclic amines) is 1. The minimum Gasteiger partial charge on any atom is -0.353 e. The van der Waals surface area contributed by atoms with Gasteiger partial charge < -0.3 is 10.2 Å². The lowest BCUT2D eigenvalue weighted by Gasteiger charge is -2.57. The highest BCUT2D eigenvalue weighted by Crippen LogP contribution is 2.60. The van der Waals surface area contributed by atoms with Crippen LogP contribution in [0.2, 0.25) is 0 Å². The Morgan fingerprint density at radius 1 is 1.00 bits per heavy atom. The van der Waals surface area contributed by atoms with Gasteiger partial charge in [0.05, 0.1) is 5.41 Å². The van der Waals surface area contributed by atoms with E-state index in [1.54, 1.807) is 0 Å². The van der Waals surface area contributed by atoms with Gasteiger partial charge in [0, 0.05) is 25.6 Å². The van der Waals surface area contributed by atoms with Crippen LogP contribution in [0, 0.1) is 23.2 Å². The molecule has 1 N–H and O–H groups in total. The van der Waals surface area contributed by atoms with Gasteiger partial charge in [0.25, 0.3) is 0 Å². The van der Waals surface area contributed by atoms with Gasteiger partial charge >= 0.3 is 0 Å². The number of piperidine rings is 1. The van der Waals surface area contributed by atoms with Gasteiger partial charge in [-0.25, -0.2) is 0 Å². The average Bonchev–Trinajstić information content (AvgIpc) is 2.54. The third-order valence-electron chi connectivity index (χ3n) is 7.12. The summed E-state index contributed by atoms with van der Waals surface area (Å²) in [5, 5.41) is 3.14. The van der Waals surface area contributed by atoms with E-state index in [9.17, 15) is 9.59 Å². The Bertz CT molecular complexity index is 472. The Hall–Kier alpha value is -1.06. The fourth-order valence-corrected chi connectivity index (χ4v) is 6.46. The number of rotatable bonds is 4. The van der Waals surface area contributed by atoms with Crippen LogP contribution in [0.5, 0.6) is 0 Å². The van der Waals surface area contributed by atoms with Crippen LogP contribution in [0.3, 0.4) is 0 Å². The lowest BCUT2D eigenvalue weighted by molar-refractivity contribution is -0.158. The van der Waals surface area contributed by atoms with Crippen molar-refractivity contribution in [1.82, 2.24) is 10.2 Å². The highest BCUT2D eigenvalue weighted by molar-refractivity contribution is 5.83. The quantitative estimate of drug-likeness (QED) is 0.860. The van der Waals surface area contributed by atoms with E-state index in [1.807, 2.05) is 6.92 Å². The number of hydrogen-bond donors (Lipinski definition) is 1. The molecule has 4 nitrogen and oxygen atoms in total. The monoisotopic (exact) mass is 332 g/mol. The molecule has 5 fully saturated rings. The van der Waals surface area contributed by atoms with E-state index in [4.69, 9.17) is 0 Å². The molecule has 0 aromatic heterocycles. The summed E-state index contributed by atoms with van der Waals surface area (Å²) in [5.74, 6) is 3.10. The van der Waals surface area contributed by atoms with Crippen LogP contribution in [-0.2, 0) is 9.59 Å². The summed E-state index contributed by atoms with van der Waals surface area (Å²) >= 11 is 0. The molecule has 134 valence electrons. The zero-order valence-corrected chi connectivity index (χ0v) is 15.1. The molecule has 5 rings (SSSR count). The van der Waals surface area contributed by atoms with Gasteiger partial charge in [0.2, 0.25) is 11.8 Å². The molecule has 0 unspecified atom stereocenters. The summed E-state index contributed by atoms with van der Waals surface area (Å²) in [6.45, 7) is 3.70. The molecular weight excluding hydrogens is 300 g/mol. The highest BCUT2D eigenvalue weighted by Gasteiger charge is 2.55. The van der Waals surface area contributed by atoms with Crippen molar-refractivity contribution in [3.8, 4) is 0 Å². The first kappa shape index (κ1) is 16.4. The second kappa shape index (κ2) is 6.34. The molecule has 0 atom stereocenters. The van der Waals surface area contributed by atoms with E-state index in [-0.39, 0.29) is 17.4 Å². The highest BCUT2D eigenvalue weighted by atomic mass is 16.2. The van der Waals surface area contributed by atoms with E-state index < -0.39 is 0 Å². The Balaban J connectivity index is 1.34. The minimum atomic E-state index is -0.00690.